The van der Waals surface area contributed by atoms with Crippen molar-refractivity contribution in [2.75, 3.05) is 32.8 Å². The molecule has 0 saturated carbocycles. The van der Waals surface area contributed by atoms with E-state index in [4.69, 9.17) is 4.74 Å². The van der Waals surface area contributed by atoms with Gasteiger partial charge in [0.1, 0.15) is 0 Å². The molecule has 2 fully saturated rings. The monoisotopic (exact) mass is 198 g/mol. The molecule has 0 aliphatic carbocycles. The van der Waals surface area contributed by atoms with E-state index in [2.05, 4.69) is 17.1 Å². The number of rotatable bonds is 1. The zero-order valence-electron chi connectivity index (χ0n) is 9.17. The van der Waals surface area contributed by atoms with E-state index < -0.39 is 0 Å². The summed E-state index contributed by atoms with van der Waals surface area (Å²) in [5.74, 6) is 0. The van der Waals surface area contributed by atoms with E-state index in [9.17, 15) is 0 Å². The quantitative estimate of drug-likeness (QED) is 0.676. The van der Waals surface area contributed by atoms with Crippen molar-refractivity contribution in [2.45, 2.75) is 38.3 Å². The Kier molecular flexibility index (Phi) is 3.79. The highest BCUT2D eigenvalue weighted by molar-refractivity contribution is 4.80. The van der Waals surface area contributed by atoms with Crippen LogP contribution in [-0.2, 0) is 4.74 Å². The van der Waals surface area contributed by atoms with Crippen molar-refractivity contribution >= 4 is 0 Å². The fourth-order valence-electron chi connectivity index (χ4n) is 2.49. The number of nitrogens with zero attached hydrogens (tertiary/aromatic N) is 1. The van der Waals surface area contributed by atoms with Gasteiger partial charge in [-0.05, 0) is 32.7 Å². The SMILES string of the molecule is CC1CCC(N2CCOCC2)CCN1. The minimum atomic E-state index is 0.709. The third kappa shape index (κ3) is 2.69. The van der Waals surface area contributed by atoms with Crippen LogP contribution in [0.2, 0.25) is 0 Å². The largest absolute Gasteiger partial charge is 0.379 e. The number of morpholine rings is 1. The normalized spacial score (nSPS) is 36.6. The van der Waals surface area contributed by atoms with Gasteiger partial charge in [0.25, 0.3) is 0 Å². The molecule has 0 aromatic carbocycles. The van der Waals surface area contributed by atoms with Gasteiger partial charge >= 0.3 is 0 Å². The van der Waals surface area contributed by atoms with E-state index in [1.54, 1.807) is 0 Å². The Hall–Kier alpha value is -0.120. The summed E-state index contributed by atoms with van der Waals surface area (Å²) in [6, 6.07) is 1.51. The van der Waals surface area contributed by atoms with Gasteiger partial charge in [0.2, 0.25) is 0 Å². The van der Waals surface area contributed by atoms with Crippen molar-refractivity contribution in [3.8, 4) is 0 Å². The Labute approximate surface area is 86.8 Å². The Morgan fingerprint density at radius 1 is 1.14 bits per heavy atom. The van der Waals surface area contributed by atoms with Crippen molar-refractivity contribution in [3.63, 3.8) is 0 Å². The zero-order chi connectivity index (χ0) is 9.80. The van der Waals surface area contributed by atoms with Crippen LogP contribution in [-0.4, -0.2) is 49.8 Å². The maximum absolute atomic E-state index is 5.39. The molecule has 2 heterocycles. The molecule has 0 bridgehead atoms. The lowest BCUT2D eigenvalue weighted by Gasteiger charge is -2.33. The average molecular weight is 198 g/mol. The third-order valence-corrected chi connectivity index (χ3v) is 3.47. The second-order valence-corrected chi connectivity index (χ2v) is 4.52. The summed E-state index contributed by atoms with van der Waals surface area (Å²) in [5.41, 5.74) is 0. The predicted octanol–water partition coefficient (Wildman–Crippen LogP) is 0.849. The maximum atomic E-state index is 5.39. The summed E-state index contributed by atoms with van der Waals surface area (Å²) >= 11 is 0. The van der Waals surface area contributed by atoms with E-state index >= 15 is 0 Å². The average Bonchev–Trinajstić information content (AvgIpc) is 2.44. The molecule has 2 aliphatic rings. The van der Waals surface area contributed by atoms with Crippen molar-refractivity contribution < 1.29 is 4.74 Å². The molecule has 0 spiro atoms. The first-order valence-electron chi connectivity index (χ1n) is 5.91. The van der Waals surface area contributed by atoms with E-state index in [1.807, 2.05) is 0 Å². The van der Waals surface area contributed by atoms with Crippen LogP contribution in [0, 0.1) is 0 Å². The number of nitrogens with one attached hydrogen (secondary N) is 1. The molecule has 2 unspecified atom stereocenters. The van der Waals surface area contributed by atoms with E-state index in [0.717, 1.165) is 32.3 Å². The summed E-state index contributed by atoms with van der Waals surface area (Å²) in [5, 5.41) is 3.56. The van der Waals surface area contributed by atoms with Gasteiger partial charge in [0.15, 0.2) is 0 Å². The summed E-state index contributed by atoms with van der Waals surface area (Å²) < 4.78 is 5.39. The molecule has 1 N–H and O–H groups in total. The minimum Gasteiger partial charge on any atom is -0.379 e. The van der Waals surface area contributed by atoms with Gasteiger partial charge in [0.05, 0.1) is 13.2 Å². The fraction of sp³-hybridized carbons (Fsp3) is 1.00. The second-order valence-electron chi connectivity index (χ2n) is 4.52. The lowest BCUT2D eigenvalue weighted by molar-refractivity contribution is 0.0140. The van der Waals surface area contributed by atoms with Gasteiger partial charge in [-0.25, -0.2) is 0 Å². The van der Waals surface area contributed by atoms with Gasteiger partial charge in [-0.3, -0.25) is 4.90 Å². The van der Waals surface area contributed by atoms with Crippen LogP contribution in [0.5, 0.6) is 0 Å². The first-order chi connectivity index (χ1) is 6.86. The molecule has 0 aromatic rings. The second kappa shape index (κ2) is 5.10. The van der Waals surface area contributed by atoms with Gasteiger partial charge in [-0.2, -0.15) is 0 Å². The summed E-state index contributed by atoms with van der Waals surface area (Å²) in [6.07, 6.45) is 3.99. The Bertz CT molecular complexity index is 169. The van der Waals surface area contributed by atoms with Crippen molar-refractivity contribution in [1.82, 2.24) is 10.2 Å². The molecule has 2 atom stereocenters. The van der Waals surface area contributed by atoms with Gasteiger partial charge in [-0.1, -0.05) is 0 Å². The highest BCUT2D eigenvalue weighted by Crippen LogP contribution is 2.16. The topological polar surface area (TPSA) is 24.5 Å². The summed E-state index contributed by atoms with van der Waals surface area (Å²) in [6.45, 7) is 7.61. The molecule has 2 saturated heterocycles. The summed E-state index contributed by atoms with van der Waals surface area (Å²) in [7, 11) is 0. The third-order valence-electron chi connectivity index (χ3n) is 3.47. The Morgan fingerprint density at radius 3 is 2.71 bits per heavy atom. The highest BCUT2D eigenvalue weighted by atomic mass is 16.5. The number of hydrogen-bond donors (Lipinski definition) is 1. The maximum Gasteiger partial charge on any atom is 0.0594 e. The van der Waals surface area contributed by atoms with E-state index in [-0.39, 0.29) is 0 Å². The molecule has 82 valence electrons. The lowest BCUT2D eigenvalue weighted by atomic mass is 10.1. The van der Waals surface area contributed by atoms with Gasteiger partial charge in [0, 0.05) is 25.2 Å². The molecule has 2 aliphatic heterocycles. The molecular formula is C11H22N2O. The van der Waals surface area contributed by atoms with Crippen molar-refractivity contribution in [3.05, 3.63) is 0 Å². The van der Waals surface area contributed by atoms with Crippen LogP contribution in [0.25, 0.3) is 0 Å². The van der Waals surface area contributed by atoms with Crippen LogP contribution in [0.4, 0.5) is 0 Å². The van der Waals surface area contributed by atoms with Crippen LogP contribution in [0.15, 0.2) is 0 Å². The molecular weight excluding hydrogens is 176 g/mol. The minimum absolute atomic E-state index is 0.709. The van der Waals surface area contributed by atoms with Crippen LogP contribution < -0.4 is 5.32 Å². The molecule has 0 amide bonds. The van der Waals surface area contributed by atoms with Crippen LogP contribution in [0.3, 0.4) is 0 Å². The molecule has 14 heavy (non-hydrogen) atoms. The number of hydrogen-bond acceptors (Lipinski definition) is 3. The standard InChI is InChI=1S/C11H22N2O/c1-10-2-3-11(4-5-12-10)13-6-8-14-9-7-13/h10-12H,2-9H2,1H3. The van der Waals surface area contributed by atoms with E-state index in [1.165, 1.54) is 25.8 Å². The summed E-state index contributed by atoms with van der Waals surface area (Å²) in [4.78, 5) is 2.61. The Morgan fingerprint density at radius 2 is 1.93 bits per heavy atom. The van der Waals surface area contributed by atoms with Crippen molar-refractivity contribution in [1.29, 1.82) is 0 Å². The van der Waals surface area contributed by atoms with Crippen molar-refractivity contribution in [2.24, 2.45) is 0 Å². The molecule has 0 radical (unpaired) electrons. The zero-order valence-corrected chi connectivity index (χ0v) is 9.17. The molecule has 3 nitrogen and oxygen atoms in total. The fourth-order valence-corrected chi connectivity index (χ4v) is 2.49. The first kappa shape index (κ1) is 10.4. The lowest BCUT2D eigenvalue weighted by Crippen LogP contribution is -2.43. The first-order valence-corrected chi connectivity index (χ1v) is 5.91. The van der Waals surface area contributed by atoms with E-state index in [0.29, 0.717) is 6.04 Å². The van der Waals surface area contributed by atoms with Crippen LogP contribution >= 0.6 is 0 Å². The predicted molar refractivity (Wildman–Crippen MR) is 57.5 cm³/mol. The Balaban J connectivity index is 1.83. The van der Waals surface area contributed by atoms with Gasteiger partial charge in [-0.15, -0.1) is 0 Å². The molecule has 2 rings (SSSR count). The molecule has 0 aromatic heterocycles. The smallest absolute Gasteiger partial charge is 0.0594 e. The van der Waals surface area contributed by atoms with Crippen LogP contribution in [0.1, 0.15) is 26.2 Å². The number of ether oxygens (including phenoxy) is 1. The molecule has 3 heteroatoms. The van der Waals surface area contributed by atoms with Gasteiger partial charge < -0.3 is 10.1 Å². The highest BCUT2D eigenvalue weighted by Gasteiger charge is 2.23.